The molecule has 4 rings (SSSR count). The number of halogens is 7. The molecular formula is C21H12ClF6NO. The third-order valence-electron chi connectivity index (χ3n) is 4.96. The van der Waals surface area contributed by atoms with Crippen molar-refractivity contribution in [3.05, 3.63) is 99.8 Å². The van der Waals surface area contributed by atoms with Gasteiger partial charge in [-0.15, -0.1) is 0 Å². The van der Waals surface area contributed by atoms with E-state index >= 15 is 8.78 Å². The molecule has 1 atom stereocenters. The van der Waals surface area contributed by atoms with Gasteiger partial charge in [0.2, 0.25) is 0 Å². The number of benzene rings is 2. The number of rotatable bonds is 5. The van der Waals surface area contributed by atoms with Crippen molar-refractivity contribution in [1.82, 2.24) is 4.98 Å². The lowest BCUT2D eigenvalue weighted by atomic mass is 9.90. The van der Waals surface area contributed by atoms with Crippen LogP contribution in [0.25, 0.3) is 0 Å². The number of hydrogen-bond donors (Lipinski definition) is 0. The molecule has 30 heavy (non-hydrogen) atoms. The molecule has 156 valence electrons. The van der Waals surface area contributed by atoms with Crippen LogP contribution in [0.3, 0.4) is 0 Å². The van der Waals surface area contributed by atoms with Gasteiger partial charge in [0.25, 0.3) is 5.92 Å². The summed E-state index contributed by atoms with van der Waals surface area (Å²) in [6, 6.07) is 8.54. The molecule has 1 aliphatic rings. The van der Waals surface area contributed by atoms with E-state index in [1.54, 1.807) is 0 Å². The van der Waals surface area contributed by atoms with Crippen LogP contribution in [0.5, 0.6) is 0 Å². The molecule has 2 heterocycles. The van der Waals surface area contributed by atoms with Crippen LogP contribution in [0.4, 0.5) is 26.3 Å². The van der Waals surface area contributed by atoms with Gasteiger partial charge in [0.15, 0.2) is 5.60 Å². The van der Waals surface area contributed by atoms with E-state index in [-0.39, 0.29) is 10.6 Å². The first-order valence-electron chi connectivity index (χ1n) is 8.66. The number of ether oxygens (including phenoxy) is 1. The summed E-state index contributed by atoms with van der Waals surface area (Å²) in [6.45, 7) is -0.535. The third kappa shape index (κ3) is 3.24. The lowest BCUT2D eigenvalue weighted by Crippen LogP contribution is -2.34. The minimum atomic E-state index is -3.85. The minimum Gasteiger partial charge on any atom is -0.357 e. The highest BCUT2D eigenvalue weighted by atomic mass is 35.5. The van der Waals surface area contributed by atoms with Gasteiger partial charge >= 0.3 is 5.92 Å². The van der Waals surface area contributed by atoms with Gasteiger partial charge in [0, 0.05) is 34.0 Å². The molecule has 1 aromatic heterocycles. The van der Waals surface area contributed by atoms with E-state index in [9.17, 15) is 17.6 Å². The molecule has 1 fully saturated rings. The summed E-state index contributed by atoms with van der Waals surface area (Å²) in [6.07, 6.45) is 0.634. The predicted octanol–water partition coefficient (Wildman–Crippen LogP) is 6.17. The Hall–Kier alpha value is -2.58. The standard InChI is InChI=1S/C21H12ClF6NO/c22-14-4-1-12(2-5-14)20(25,26)13-3-8-18(29-10-13)21(27,28)19(11-30-19)16-7-6-15(23)9-17(16)24/h1-10H,11H2. The van der Waals surface area contributed by atoms with E-state index in [1.807, 2.05) is 0 Å². The van der Waals surface area contributed by atoms with E-state index in [1.165, 1.54) is 12.1 Å². The number of nitrogens with zero attached hydrogens (tertiary/aromatic N) is 1. The molecule has 0 N–H and O–H groups in total. The van der Waals surface area contributed by atoms with Crippen LogP contribution in [0.15, 0.2) is 60.8 Å². The summed E-state index contributed by atoms with van der Waals surface area (Å²) < 4.78 is 91.7. The van der Waals surface area contributed by atoms with Crippen LogP contribution in [-0.4, -0.2) is 11.6 Å². The zero-order valence-corrected chi connectivity index (χ0v) is 15.7. The van der Waals surface area contributed by atoms with Gasteiger partial charge in [-0.05, 0) is 36.4 Å². The zero-order valence-electron chi connectivity index (χ0n) is 15.0. The maximum absolute atomic E-state index is 15.1. The van der Waals surface area contributed by atoms with E-state index < -0.39 is 52.5 Å². The Labute approximate surface area is 172 Å². The first-order valence-corrected chi connectivity index (χ1v) is 9.04. The van der Waals surface area contributed by atoms with Crippen LogP contribution < -0.4 is 0 Å². The first kappa shape index (κ1) is 20.7. The highest BCUT2D eigenvalue weighted by Crippen LogP contribution is 2.56. The minimum absolute atomic E-state index is 0.269. The van der Waals surface area contributed by atoms with Gasteiger partial charge in [-0.3, -0.25) is 4.98 Å². The maximum atomic E-state index is 15.1. The molecule has 1 saturated heterocycles. The topological polar surface area (TPSA) is 25.4 Å². The smallest absolute Gasteiger partial charge is 0.324 e. The fourth-order valence-corrected chi connectivity index (χ4v) is 3.32. The van der Waals surface area contributed by atoms with Gasteiger partial charge in [0.1, 0.15) is 17.3 Å². The second-order valence-corrected chi connectivity index (χ2v) is 7.26. The summed E-state index contributed by atoms with van der Waals surface area (Å²) in [5.74, 6) is -9.47. The summed E-state index contributed by atoms with van der Waals surface area (Å²) in [5, 5.41) is 0.269. The quantitative estimate of drug-likeness (QED) is 0.348. The second-order valence-electron chi connectivity index (χ2n) is 6.83. The van der Waals surface area contributed by atoms with Crippen molar-refractivity contribution >= 4 is 11.6 Å². The van der Waals surface area contributed by atoms with Crippen molar-refractivity contribution < 1.29 is 31.1 Å². The van der Waals surface area contributed by atoms with Crippen LogP contribution in [0.1, 0.15) is 22.4 Å². The van der Waals surface area contributed by atoms with Crippen molar-refractivity contribution in [3.63, 3.8) is 0 Å². The highest BCUT2D eigenvalue weighted by Gasteiger charge is 2.68. The number of hydrogen-bond acceptors (Lipinski definition) is 2. The highest BCUT2D eigenvalue weighted by molar-refractivity contribution is 6.30. The lowest BCUT2D eigenvalue weighted by Gasteiger charge is -2.25. The van der Waals surface area contributed by atoms with Crippen molar-refractivity contribution in [1.29, 1.82) is 0 Å². The molecule has 1 aliphatic heterocycles. The Kier molecular flexibility index (Phi) is 4.82. The Morgan fingerprint density at radius 1 is 0.900 bits per heavy atom. The van der Waals surface area contributed by atoms with E-state index in [2.05, 4.69) is 4.98 Å². The SMILES string of the molecule is Fc1ccc(C2(C(F)(F)c3ccc(C(F)(F)c4ccc(Cl)cc4)cn3)CO2)c(F)c1. The molecule has 0 radical (unpaired) electrons. The molecule has 9 heteroatoms. The molecule has 0 spiro atoms. The van der Waals surface area contributed by atoms with Gasteiger partial charge < -0.3 is 4.74 Å². The van der Waals surface area contributed by atoms with E-state index in [0.29, 0.717) is 12.3 Å². The molecule has 0 bridgehead atoms. The number of aromatic nitrogens is 1. The second kappa shape index (κ2) is 6.99. The Morgan fingerprint density at radius 2 is 1.53 bits per heavy atom. The average molecular weight is 444 g/mol. The van der Waals surface area contributed by atoms with Crippen LogP contribution >= 0.6 is 11.6 Å². The summed E-state index contributed by atoms with van der Waals surface area (Å²) in [5.41, 5.74) is -4.78. The number of epoxide rings is 1. The van der Waals surface area contributed by atoms with Crippen molar-refractivity contribution in [2.24, 2.45) is 0 Å². The molecule has 0 amide bonds. The molecule has 1 unspecified atom stereocenters. The van der Waals surface area contributed by atoms with Gasteiger partial charge in [-0.2, -0.15) is 17.6 Å². The van der Waals surface area contributed by atoms with Crippen LogP contribution in [0.2, 0.25) is 5.02 Å². The monoisotopic (exact) mass is 443 g/mol. The largest absolute Gasteiger partial charge is 0.357 e. The first-order chi connectivity index (χ1) is 14.1. The van der Waals surface area contributed by atoms with Crippen molar-refractivity contribution in [2.45, 2.75) is 17.4 Å². The summed E-state index contributed by atoms with van der Waals surface area (Å²) in [7, 11) is 0. The molecular weight excluding hydrogens is 432 g/mol. The molecule has 2 aromatic carbocycles. The van der Waals surface area contributed by atoms with E-state index in [0.717, 1.165) is 36.4 Å². The van der Waals surface area contributed by atoms with Gasteiger partial charge in [-0.1, -0.05) is 23.7 Å². The summed E-state index contributed by atoms with van der Waals surface area (Å²) >= 11 is 5.70. The zero-order chi connectivity index (χ0) is 21.7. The predicted molar refractivity (Wildman–Crippen MR) is 96.6 cm³/mol. The van der Waals surface area contributed by atoms with Crippen molar-refractivity contribution in [2.75, 3.05) is 6.61 Å². The molecule has 2 nitrogen and oxygen atoms in total. The number of alkyl halides is 4. The Morgan fingerprint density at radius 3 is 2.07 bits per heavy atom. The lowest BCUT2D eigenvalue weighted by molar-refractivity contribution is -0.0903. The summed E-state index contributed by atoms with van der Waals surface area (Å²) in [4.78, 5) is 3.51. The Balaban J connectivity index is 1.67. The molecule has 3 aromatic rings. The maximum Gasteiger partial charge on any atom is 0.324 e. The fourth-order valence-electron chi connectivity index (χ4n) is 3.19. The van der Waals surface area contributed by atoms with Crippen LogP contribution in [0, 0.1) is 11.6 Å². The molecule has 0 aliphatic carbocycles. The van der Waals surface area contributed by atoms with Crippen molar-refractivity contribution in [3.8, 4) is 0 Å². The van der Waals surface area contributed by atoms with Gasteiger partial charge in [0.05, 0.1) is 6.61 Å². The number of pyridine rings is 1. The average Bonchev–Trinajstić information content (AvgIpc) is 3.51. The van der Waals surface area contributed by atoms with E-state index in [4.69, 9.17) is 16.3 Å². The third-order valence-corrected chi connectivity index (χ3v) is 5.21. The fraction of sp³-hybridized carbons (Fsp3) is 0.190. The molecule has 0 saturated carbocycles. The Bertz CT molecular complexity index is 1080. The van der Waals surface area contributed by atoms with Gasteiger partial charge in [-0.25, -0.2) is 8.78 Å². The van der Waals surface area contributed by atoms with Crippen LogP contribution in [-0.2, 0) is 22.2 Å². The normalized spacial score (nSPS) is 19.0.